The van der Waals surface area contributed by atoms with E-state index in [9.17, 15) is 8.42 Å². The van der Waals surface area contributed by atoms with Gasteiger partial charge in [-0.15, -0.1) is 0 Å². The molecule has 0 aliphatic heterocycles. The topological polar surface area (TPSA) is 90.4 Å². The predicted octanol–water partition coefficient (Wildman–Crippen LogP) is 5.26. The zero-order valence-corrected chi connectivity index (χ0v) is 20.0. The smallest absolute Gasteiger partial charge is 0.211 e. The fourth-order valence-corrected chi connectivity index (χ4v) is 4.65. The normalized spacial score (nSPS) is 11.1. The summed E-state index contributed by atoms with van der Waals surface area (Å²) in [6, 6.07) is 21.6. The molecule has 0 amide bonds. The molecule has 0 aliphatic rings. The summed E-state index contributed by atoms with van der Waals surface area (Å²) in [7, 11) is -2.29. The third-order valence-electron chi connectivity index (χ3n) is 5.23. The van der Waals surface area contributed by atoms with Crippen molar-refractivity contribution in [3.8, 4) is 11.5 Å². The molecule has 1 N–H and O–H groups in total. The molecule has 0 saturated heterocycles. The summed E-state index contributed by atoms with van der Waals surface area (Å²) in [6.07, 6.45) is 1.33. The maximum atomic E-state index is 13.5. The van der Waals surface area contributed by atoms with E-state index in [1.807, 2.05) is 49.4 Å². The first-order valence-corrected chi connectivity index (χ1v) is 12.1. The Hall–Kier alpha value is -3.91. The number of nitrogens with one attached hydrogen (secondary N) is 1. The van der Waals surface area contributed by atoms with Crippen molar-refractivity contribution >= 4 is 21.3 Å². The van der Waals surface area contributed by atoms with Gasteiger partial charge >= 0.3 is 0 Å². The second kappa shape index (κ2) is 9.93. The van der Waals surface area contributed by atoms with Crippen LogP contribution >= 0.6 is 0 Å². The lowest BCUT2D eigenvalue weighted by Gasteiger charge is -2.14. The van der Waals surface area contributed by atoms with E-state index in [1.165, 1.54) is 18.3 Å². The van der Waals surface area contributed by atoms with Crippen molar-refractivity contribution in [2.75, 3.05) is 12.4 Å². The first-order chi connectivity index (χ1) is 16.4. The molecule has 8 heteroatoms. The van der Waals surface area contributed by atoms with Crippen molar-refractivity contribution in [1.29, 1.82) is 0 Å². The molecule has 0 aliphatic carbocycles. The van der Waals surface area contributed by atoms with Crippen molar-refractivity contribution in [3.05, 3.63) is 95.9 Å². The molecule has 0 saturated carbocycles. The van der Waals surface area contributed by atoms with E-state index in [4.69, 9.17) is 9.47 Å². The van der Waals surface area contributed by atoms with Crippen molar-refractivity contribution < 1.29 is 17.9 Å². The lowest BCUT2D eigenvalue weighted by atomic mass is 10.2. The van der Waals surface area contributed by atoms with Gasteiger partial charge < -0.3 is 14.8 Å². The molecular weight excluding hydrogens is 450 g/mol. The van der Waals surface area contributed by atoms with Gasteiger partial charge in [-0.2, -0.15) is 0 Å². The van der Waals surface area contributed by atoms with Crippen LogP contribution in [0, 0.1) is 13.8 Å². The van der Waals surface area contributed by atoms with E-state index in [0.29, 0.717) is 23.9 Å². The molecule has 7 nitrogen and oxygen atoms in total. The molecule has 3 aromatic carbocycles. The van der Waals surface area contributed by atoms with Gasteiger partial charge in [-0.25, -0.2) is 18.4 Å². The van der Waals surface area contributed by atoms with Crippen LogP contribution in [0.3, 0.4) is 0 Å². The Labute approximate surface area is 199 Å². The molecule has 34 heavy (non-hydrogen) atoms. The van der Waals surface area contributed by atoms with Gasteiger partial charge in [0.2, 0.25) is 9.84 Å². The molecule has 0 bridgehead atoms. The molecule has 0 spiro atoms. The number of rotatable bonds is 8. The number of benzene rings is 3. The maximum absolute atomic E-state index is 13.5. The number of hydrogen-bond donors (Lipinski definition) is 1. The molecule has 4 rings (SSSR count). The van der Waals surface area contributed by atoms with E-state index >= 15 is 0 Å². The minimum atomic E-state index is -3.88. The van der Waals surface area contributed by atoms with Crippen LogP contribution in [0.4, 0.5) is 11.5 Å². The Morgan fingerprint density at radius 2 is 1.62 bits per heavy atom. The summed E-state index contributed by atoms with van der Waals surface area (Å²) in [5.74, 6) is 1.96. The largest absolute Gasteiger partial charge is 0.497 e. The third-order valence-corrected chi connectivity index (χ3v) is 7.00. The van der Waals surface area contributed by atoms with Gasteiger partial charge in [0.05, 0.1) is 18.2 Å². The Kier molecular flexibility index (Phi) is 6.79. The summed E-state index contributed by atoms with van der Waals surface area (Å²) in [5, 5.41) is 3.15. The van der Waals surface area contributed by atoms with Crippen LogP contribution in [0.5, 0.6) is 11.5 Å². The summed E-state index contributed by atoms with van der Waals surface area (Å²) in [5.41, 5.74) is 2.64. The van der Waals surface area contributed by atoms with Crippen molar-refractivity contribution in [2.45, 2.75) is 30.2 Å². The molecule has 4 aromatic rings. The molecule has 1 aromatic heterocycles. The average Bonchev–Trinajstić information content (AvgIpc) is 2.85. The van der Waals surface area contributed by atoms with Crippen molar-refractivity contribution in [1.82, 2.24) is 9.97 Å². The highest BCUT2D eigenvalue weighted by molar-refractivity contribution is 7.91. The second-order valence-electron chi connectivity index (χ2n) is 7.69. The van der Waals surface area contributed by atoms with E-state index in [0.717, 1.165) is 16.8 Å². The Morgan fingerprint density at radius 3 is 2.29 bits per heavy atom. The number of methoxy groups -OCH3 is 1. The summed E-state index contributed by atoms with van der Waals surface area (Å²) >= 11 is 0. The van der Waals surface area contributed by atoms with Gasteiger partial charge in [-0.1, -0.05) is 30.3 Å². The fraction of sp³-hybridized carbons (Fsp3) is 0.154. The van der Waals surface area contributed by atoms with Crippen LogP contribution in [0.1, 0.15) is 17.0 Å². The average molecular weight is 476 g/mol. The highest BCUT2D eigenvalue weighted by Gasteiger charge is 2.24. The predicted molar refractivity (Wildman–Crippen MR) is 130 cm³/mol. The van der Waals surface area contributed by atoms with E-state index in [2.05, 4.69) is 15.3 Å². The zero-order valence-electron chi connectivity index (χ0n) is 19.1. The SMILES string of the molecule is COc1ccc(Nc2nc(C)ncc2S(=O)(=O)c2ccc(OCc3ccccc3)cc2)c(C)c1. The highest BCUT2D eigenvalue weighted by Crippen LogP contribution is 2.31. The van der Waals surface area contributed by atoms with E-state index < -0.39 is 9.84 Å². The van der Waals surface area contributed by atoms with Gasteiger partial charge in [-0.3, -0.25) is 0 Å². The molecule has 0 fully saturated rings. The minimum absolute atomic E-state index is 0.00808. The van der Waals surface area contributed by atoms with Crippen molar-refractivity contribution in [2.24, 2.45) is 0 Å². The lowest BCUT2D eigenvalue weighted by Crippen LogP contribution is -2.09. The number of ether oxygens (including phenoxy) is 2. The van der Waals surface area contributed by atoms with Crippen LogP contribution in [-0.4, -0.2) is 25.5 Å². The number of sulfone groups is 1. The molecule has 1 heterocycles. The first-order valence-electron chi connectivity index (χ1n) is 10.6. The third kappa shape index (κ3) is 5.18. The summed E-state index contributed by atoms with van der Waals surface area (Å²) in [4.78, 5) is 8.61. The van der Waals surface area contributed by atoms with Gasteiger partial charge in [0.1, 0.15) is 28.8 Å². The Bertz CT molecular complexity index is 1390. The van der Waals surface area contributed by atoms with Crippen LogP contribution in [0.15, 0.2) is 88.8 Å². The van der Waals surface area contributed by atoms with E-state index in [1.54, 1.807) is 32.2 Å². The van der Waals surface area contributed by atoms with Gasteiger partial charge in [0.15, 0.2) is 5.82 Å². The number of nitrogens with zero attached hydrogens (tertiary/aromatic N) is 2. The standard InChI is InChI=1S/C26H25N3O4S/c1-18-15-22(32-3)11-14-24(18)29-26-25(16-27-19(2)28-26)34(30,31)23-12-9-21(10-13-23)33-17-20-7-5-4-6-8-20/h4-16H,17H2,1-3H3,(H,27,28,29). The van der Waals surface area contributed by atoms with Crippen LogP contribution in [-0.2, 0) is 16.4 Å². The maximum Gasteiger partial charge on any atom is 0.211 e. The molecule has 0 radical (unpaired) electrons. The summed E-state index contributed by atoms with van der Waals surface area (Å²) in [6.45, 7) is 4.01. The zero-order chi connectivity index (χ0) is 24.1. The highest BCUT2D eigenvalue weighted by atomic mass is 32.2. The van der Waals surface area contributed by atoms with Gasteiger partial charge in [0, 0.05) is 5.69 Å². The summed E-state index contributed by atoms with van der Waals surface area (Å²) < 4.78 is 37.9. The molecule has 0 atom stereocenters. The van der Waals surface area contributed by atoms with Gasteiger partial charge in [0.25, 0.3) is 0 Å². The quantitative estimate of drug-likeness (QED) is 0.372. The molecule has 174 valence electrons. The second-order valence-corrected chi connectivity index (χ2v) is 9.60. The van der Waals surface area contributed by atoms with Crippen LogP contribution in [0.2, 0.25) is 0 Å². The molecule has 0 unspecified atom stereocenters. The van der Waals surface area contributed by atoms with Crippen molar-refractivity contribution in [3.63, 3.8) is 0 Å². The number of aromatic nitrogens is 2. The Balaban J connectivity index is 1.59. The molecular formula is C26H25N3O4S. The Morgan fingerprint density at radius 1 is 0.912 bits per heavy atom. The first kappa shape index (κ1) is 23.3. The number of anilines is 2. The monoisotopic (exact) mass is 475 g/mol. The van der Waals surface area contributed by atoms with Gasteiger partial charge in [-0.05, 0) is 67.4 Å². The van der Waals surface area contributed by atoms with Crippen LogP contribution in [0.25, 0.3) is 0 Å². The lowest BCUT2D eigenvalue weighted by molar-refractivity contribution is 0.306. The number of hydrogen-bond acceptors (Lipinski definition) is 7. The fourth-order valence-electron chi connectivity index (χ4n) is 3.36. The minimum Gasteiger partial charge on any atom is -0.497 e. The van der Waals surface area contributed by atoms with Crippen LogP contribution < -0.4 is 14.8 Å². The number of aryl methyl sites for hydroxylation is 2. The van der Waals surface area contributed by atoms with E-state index in [-0.39, 0.29) is 15.6 Å².